The molecule has 5 nitrogen and oxygen atoms in total. The third-order valence-electron chi connectivity index (χ3n) is 4.01. The number of carbonyl (C=O) groups is 1. The Bertz CT molecular complexity index is 288. The second-order valence-electron chi connectivity index (χ2n) is 5.24. The maximum atomic E-state index is 11.4. The second-order valence-corrected chi connectivity index (χ2v) is 5.24. The van der Waals surface area contributed by atoms with Crippen molar-refractivity contribution < 1.29 is 19.4 Å². The van der Waals surface area contributed by atoms with Crippen molar-refractivity contribution in [1.29, 1.82) is 0 Å². The van der Waals surface area contributed by atoms with Crippen molar-refractivity contribution in [2.24, 2.45) is 5.41 Å². The first kappa shape index (κ1) is 12.8. The Kier molecular flexibility index (Phi) is 3.70. The fourth-order valence-electron chi connectivity index (χ4n) is 2.86. The third kappa shape index (κ3) is 2.46. The monoisotopic (exact) mass is 243 g/mol. The van der Waals surface area contributed by atoms with E-state index < -0.39 is 11.4 Å². The number of hydrogen-bond acceptors (Lipinski definition) is 4. The summed E-state index contributed by atoms with van der Waals surface area (Å²) in [5.41, 5.74) is -0.725. The summed E-state index contributed by atoms with van der Waals surface area (Å²) < 4.78 is 10.8. The van der Waals surface area contributed by atoms with Crippen molar-refractivity contribution in [2.75, 3.05) is 33.4 Å². The maximum Gasteiger partial charge on any atom is 0.313 e. The van der Waals surface area contributed by atoms with E-state index in [-0.39, 0.29) is 6.10 Å². The first-order valence-electron chi connectivity index (χ1n) is 6.18. The van der Waals surface area contributed by atoms with E-state index in [4.69, 9.17) is 9.47 Å². The Balaban J connectivity index is 2.00. The number of carboxylic acid groups (broad SMARTS) is 1. The molecule has 3 atom stereocenters. The standard InChI is InChI=1S/C12H21NO4/c1-9-10(3-5-17-9)13(2)7-12(11(14)15)4-6-16-8-12/h9-10H,3-8H2,1-2H3,(H,14,15). The predicted octanol–water partition coefficient (Wildman–Crippen LogP) is 0.587. The largest absolute Gasteiger partial charge is 0.481 e. The van der Waals surface area contributed by atoms with Gasteiger partial charge in [-0.1, -0.05) is 0 Å². The Morgan fingerprint density at radius 3 is 2.76 bits per heavy atom. The van der Waals surface area contributed by atoms with Crippen LogP contribution in [0.25, 0.3) is 0 Å². The maximum absolute atomic E-state index is 11.4. The molecule has 2 rings (SSSR count). The molecular weight excluding hydrogens is 222 g/mol. The third-order valence-corrected chi connectivity index (χ3v) is 4.01. The molecule has 0 radical (unpaired) electrons. The number of carboxylic acids is 1. The molecule has 0 saturated carbocycles. The highest BCUT2D eigenvalue weighted by atomic mass is 16.5. The number of aliphatic carboxylic acids is 1. The van der Waals surface area contributed by atoms with Crippen molar-refractivity contribution in [3.05, 3.63) is 0 Å². The molecule has 0 aliphatic carbocycles. The van der Waals surface area contributed by atoms with E-state index >= 15 is 0 Å². The van der Waals surface area contributed by atoms with Crippen LogP contribution in [0.1, 0.15) is 19.8 Å². The Morgan fingerprint density at radius 1 is 1.53 bits per heavy atom. The van der Waals surface area contributed by atoms with Crippen LogP contribution in [0, 0.1) is 5.41 Å². The summed E-state index contributed by atoms with van der Waals surface area (Å²) in [4.78, 5) is 13.5. The van der Waals surface area contributed by atoms with Crippen LogP contribution < -0.4 is 0 Å². The van der Waals surface area contributed by atoms with Crippen LogP contribution in [-0.2, 0) is 14.3 Å². The van der Waals surface area contributed by atoms with Crippen LogP contribution in [0.3, 0.4) is 0 Å². The predicted molar refractivity (Wildman–Crippen MR) is 62.0 cm³/mol. The minimum absolute atomic E-state index is 0.188. The lowest BCUT2D eigenvalue weighted by Gasteiger charge is -2.33. The molecule has 0 aromatic carbocycles. The van der Waals surface area contributed by atoms with Gasteiger partial charge in [-0.05, 0) is 26.8 Å². The summed E-state index contributed by atoms with van der Waals surface area (Å²) in [6.45, 7) is 4.24. The van der Waals surface area contributed by atoms with Crippen LogP contribution in [0.2, 0.25) is 0 Å². The number of rotatable bonds is 4. The molecular formula is C12H21NO4. The van der Waals surface area contributed by atoms with Gasteiger partial charge in [0.25, 0.3) is 0 Å². The van der Waals surface area contributed by atoms with Crippen molar-refractivity contribution in [1.82, 2.24) is 4.90 Å². The van der Waals surface area contributed by atoms with E-state index in [1.165, 1.54) is 0 Å². The molecule has 17 heavy (non-hydrogen) atoms. The van der Waals surface area contributed by atoms with Gasteiger partial charge in [-0.25, -0.2) is 0 Å². The van der Waals surface area contributed by atoms with Crippen LogP contribution >= 0.6 is 0 Å². The molecule has 2 heterocycles. The fourth-order valence-corrected chi connectivity index (χ4v) is 2.86. The van der Waals surface area contributed by atoms with E-state index in [2.05, 4.69) is 4.90 Å². The summed E-state index contributed by atoms with van der Waals surface area (Å²) in [6.07, 6.45) is 1.77. The second kappa shape index (κ2) is 4.92. The average Bonchev–Trinajstić information content (AvgIpc) is 2.87. The average molecular weight is 243 g/mol. The molecule has 0 aromatic heterocycles. The molecule has 98 valence electrons. The summed E-state index contributed by atoms with van der Waals surface area (Å²) in [5.74, 6) is -0.742. The summed E-state index contributed by atoms with van der Waals surface area (Å²) in [7, 11) is 1.98. The van der Waals surface area contributed by atoms with Crippen molar-refractivity contribution >= 4 is 5.97 Å². The van der Waals surface area contributed by atoms with Gasteiger partial charge in [0.2, 0.25) is 0 Å². The van der Waals surface area contributed by atoms with E-state index in [1.807, 2.05) is 14.0 Å². The van der Waals surface area contributed by atoms with Crippen molar-refractivity contribution in [2.45, 2.75) is 31.9 Å². The smallest absolute Gasteiger partial charge is 0.313 e. The lowest BCUT2D eigenvalue weighted by molar-refractivity contribution is -0.150. The van der Waals surface area contributed by atoms with Crippen LogP contribution in [0.15, 0.2) is 0 Å². The van der Waals surface area contributed by atoms with Gasteiger partial charge in [-0.15, -0.1) is 0 Å². The zero-order valence-corrected chi connectivity index (χ0v) is 10.5. The molecule has 5 heteroatoms. The van der Waals surface area contributed by atoms with E-state index in [0.717, 1.165) is 13.0 Å². The Labute approximate surface area is 102 Å². The molecule has 0 spiro atoms. The molecule has 0 aromatic rings. The summed E-state index contributed by atoms with van der Waals surface area (Å²) in [5, 5.41) is 9.38. The van der Waals surface area contributed by atoms with E-state index in [0.29, 0.717) is 32.2 Å². The first-order valence-corrected chi connectivity index (χ1v) is 6.18. The Hall–Kier alpha value is -0.650. The fraction of sp³-hybridized carbons (Fsp3) is 0.917. The van der Waals surface area contributed by atoms with Gasteiger partial charge in [0, 0.05) is 25.8 Å². The molecule has 2 aliphatic heterocycles. The Morgan fingerprint density at radius 2 is 2.29 bits per heavy atom. The number of nitrogens with zero attached hydrogens (tertiary/aromatic N) is 1. The quantitative estimate of drug-likeness (QED) is 0.783. The van der Waals surface area contributed by atoms with Gasteiger partial charge >= 0.3 is 5.97 Å². The zero-order valence-electron chi connectivity index (χ0n) is 10.5. The van der Waals surface area contributed by atoms with E-state index in [1.54, 1.807) is 0 Å². The van der Waals surface area contributed by atoms with E-state index in [9.17, 15) is 9.90 Å². The molecule has 0 bridgehead atoms. The number of ether oxygens (including phenoxy) is 2. The van der Waals surface area contributed by atoms with Crippen LogP contribution in [-0.4, -0.2) is 61.5 Å². The van der Waals surface area contributed by atoms with Gasteiger partial charge in [-0.2, -0.15) is 0 Å². The number of hydrogen-bond donors (Lipinski definition) is 1. The minimum atomic E-state index is -0.742. The SMILES string of the molecule is CC1OCCC1N(C)CC1(C(=O)O)CCOC1. The highest BCUT2D eigenvalue weighted by Crippen LogP contribution is 2.31. The van der Waals surface area contributed by atoms with Crippen LogP contribution in [0.4, 0.5) is 0 Å². The zero-order chi connectivity index (χ0) is 12.5. The first-order chi connectivity index (χ1) is 8.05. The normalized spacial score (nSPS) is 37.8. The van der Waals surface area contributed by atoms with Gasteiger partial charge in [-0.3, -0.25) is 9.69 Å². The van der Waals surface area contributed by atoms with Gasteiger partial charge < -0.3 is 14.6 Å². The lowest BCUT2D eigenvalue weighted by atomic mass is 9.86. The van der Waals surface area contributed by atoms with Crippen LogP contribution in [0.5, 0.6) is 0 Å². The molecule has 3 unspecified atom stereocenters. The van der Waals surface area contributed by atoms with Crippen molar-refractivity contribution in [3.63, 3.8) is 0 Å². The highest BCUT2D eigenvalue weighted by molar-refractivity contribution is 5.75. The summed E-state index contributed by atoms with van der Waals surface area (Å²) >= 11 is 0. The molecule has 0 amide bonds. The number of likely N-dealkylation sites (N-methyl/N-ethyl adjacent to an activating group) is 1. The highest BCUT2D eigenvalue weighted by Gasteiger charge is 2.45. The molecule has 2 fully saturated rings. The minimum Gasteiger partial charge on any atom is -0.481 e. The molecule has 2 saturated heterocycles. The van der Waals surface area contributed by atoms with Crippen molar-refractivity contribution in [3.8, 4) is 0 Å². The topological polar surface area (TPSA) is 59.0 Å². The van der Waals surface area contributed by atoms with Gasteiger partial charge in [0.05, 0.1) is 12.7 Å². The summed E-state index contributed by atoms with van der Waals surface area (Å²) in [6, 6.07) is 0.326. The lowest BCUT2D eigenvalue weighted by Crippen LogP contribution is -2.47. The van der Waals surface area contributed by atoms with Gasteiger partial charge in [0.15, 0.2) is 0 Å². The molecule has 1 N–H and O–H groups in total. The van der Waals surface area contributed by atoms with Gasteiger partial charge in [0.1, 0.15) is 5.41 Å². The molecule has 2 aliphatic rings.